The van der Waals surface area contributed by atoms with Crippen molar-refractivity contribution in [3.8, 4) is 11.4 Å². The Hall–Kier alpha value is -2.45. The third-order valence-electron chi connectivity index (χ3n) is 4.72. The second kappa shape index (κ2) is 7.05. The molecule has 1 saturated carbocycles. The Morgan fingerprint density at radius 3 is 2.96 bits per heavy atom. The Labute approximate surface area is 154 Å². The summed E-state index contributed by atoms with van der Waals surface area (Å²) >= 11 is 6.40. The van der Waals surface area contributed by atoms with E-state index in [1.807, 2.05) is 6.07 Å². The van der Waals surface area contributed by atoms with E-state index in [4.69, 9.17) is 20.9 Å². The van der Waals surface area contributed by atoms with Crippen molar-refractivity contribution < 1.29 is 14.1 Å². The average molecular weight is 376 g/mol. The largest absolute Gasteiger partial charge is 0.381 e. The summed E-state index contributed by atoms with van der Waals surface area (Å²) in [6.45, 7) is 0. The zero-order valence-corrected chi connectivity index (χ0v) is 14.9. The van der Waals surface area contributed by atoms with E-state index in [0.717, 1.165) is 31.1 Å². The van der Waals surface area contributed by atoms with Crippen LogP contribution in [0.2, 0.25) is 5.02 Å². The Bertz CT molecular complexity index is 930. The van der Waals surface area contributed by atoms with Gasteiger partial charge in [0.25, 0.3) is 0 Å². The molecule has 1 amide bonds. The lowest BCUT2D eigenvalue weighted by atomic mass is 9.93. The van der Waals surface area contributed by atoms with Crippen molar-refractivity contribution in [2.75, 3.05) is 7.11 Å². The van der Waals surface area contributed by atoms with Crippen molar-refractivity contribution in [2.45, 2.75) is 37.8 Å². The van der Waals surface area contributed by atoms with Crippen LogP contribution in [0.1, 0.15) is 36.4 Å². The molecule has 1 aliphatic carbocycles. The predicted molar refractivity (Wildman–Crippen MR) is 94.9 cm³/mol. The molecule has 3 heterocycles. The van der Waals surface area contributed by atoms with Gasteiger partial charge in [-0.05, 0) is 31.7 Å². The first-order valence-corrected chi connectivity index (χ1v) is 8.83. The lowest BCUT2D eigenvalue weighted by Gasteiger charge is -2.27. The molecule has 4 rings (SSSR count). The number of nitrogens with one attached hydrogen (secondary N) is 2. The Morgan fingerprint density at radius 1 is 1.38 bits per heavy atom. The molecular formula is C17H18ClN5O3. The summed E-state index contributed by atoms with van der Waals surface area (Å²) in [6, 6.07) is 1.91. The predicted octanol–water partition coefficient (Wildman–Crippen LogP) is 2.95. The van der Waals surface area contributed by atoms with Crippen molar-refractivity contribution >= 4 is 28.5 Å². The van der Waals surface area contributed by atoms with Crippen LogP contribution in [0.3, 0.4) is 0 Å². The van der Waals surface area contributed by atoms with Crippen molar-refractivity contribution in [1.29, 1.82) is 0 Å². The van der Waals surface area contributed by atoms with Crippen LogP contribution in [0.5, 0.6) is 0 Å². The Morgan fingerprint density at radius 2 is 2.19 bits per heavy atom. The van der Waals surface area contributed by atoms with Gasteiger partial charge in [-0.1, -0.05) is 16.8 Å². The molecule has 3 aromatic rings. The minimum atomic E-state index is -0.378. The third kappa shape index (κ3) is 3.17. The number of pyridine rings is 1. The fourth-order valence-corrected chi connectivity index (χ4v) is 3.53. The number of aromatic nitrogens is 4. The van der Waals surface area contributed by atoms with E-state index in [1.165, 1.54) is 0 Å². The molecule has 0 unspecified atom stereocenters. The molecule has 8 nitrogen and oxygen atoms in total. The number of hydrogen-bond acceptors (Lipinski definition) is 6. The molecule has 1 fully saturated rings. The summed E-state index contributed by atoms with van der Waals surface area (Å²) < 4.78 is 10.5. The van der Waals surface area contributed by atoms with Crippen LogP contribution in [0.25, 0.3) is 22.4 Å². The first-order valence-electron chi connectivity index (χ1n) is 8.45. The second-order valence-corrected chi connectivity index (χ2v) is 6.71. The van der Waals surface area contributed by atoms with Gasteiger partial charge in [-0.3, -0.25) is 4.79 Å². The summed E-state index contributed by atoms with van der Waals surface area (Å²) in [7, 11) is 1.72. The molecular weight excluding hydrogens is 358 g/mol. The molecule has 0 saturated heterocycles. The van der Waals surface area contributed by atoms with Crippen LogP contribution in [0.15, 0.2) is 23.0 Å². The molecule has 136 valence electrons. The summed E-state index contributed by atoms with van der Waals surface area (Å²) in [5, 5.41) is 8.04. The topological polar surface area (TPSA) is 106 Å². The number of methoxy groups -OCH3 is 1. The number of nitrogens with zero attached hydrogens (tertiary/aromatic N) is 3. The van der Waals surface area contributed by atoms with Gasteiger partial charge in [-0.2, -0.15) is 4.98 Å². The van der Waals surface area contributed by atoms with Gasteiger partial charge >= 0.3 is 11.8 Å². The molecule has 9 heteroatoms. The monoisotopic (exact) mass is 375 g/mol. The van der Waals surface area contributed by atoms with Gasteiger partial charge in [0.05, 0.1) is 16.7 Å². The van der Waals surface area contributed by atoms with Gasteiger partial charge in [-0.15, -0.1) is 0 Å². The van der Waals surface area contributed by atoms with Gasteiger partial charge in [0, 0.05) is 30.9 Å². The van der Waals surface area contributed by atoms with E-state index in [0.29, 0.717) is 16.2 Å². The molecule has 0 aromatic carbocycles. The van der Waals surface area contributed by atoms with Crippen LogP contribution in [-0.2, 0) is 4.74 Å². The smallest absolute Gasteiger partial charge is 0.316 e. The zero-order valence-electron chi connectivity index (χ0n) is 14.2. The van der Waals surface area contributed by atoms with Crippen molar-refractivity contribution in [1.82, 2.24) is 25.4 Å². The minimum absolute atomic E-state index is 0.0842. The lowest BCUT2D eigenvalue weighted by molar-refractivity contribution is 0.0591. The number of H-pyrrole nitrogens is 1. The Kier molecular flexibility index (Phi) is 4.60. The number of ether oxygens (including phenoxy) is 1. The molecule has 0 radical (unpaired) electrons. The zero-order chi connectivity index (χ0) is 18.1. The molecule has 3 aromatic heterocycles. The van der Waals surface area contributed by atoms with Gasteiger partial charge in [0.15, 0.2) is 0 Å². The number of aromatic amines is 1. The maximum atomic E-state index is 12.4. The van der Waals surface area contributed by atoms with Gasteiger partial charge < -0.3 is 19.6 Å². The highest BCUT2D eigenvalue weighted by Gasteiger charge is 2.25. The minimum Gasteiger partial charge on any atom is -0.381 e. The van der Waals surface area contributed by atoms with Crippen molar-refractivity contribution in [3.63, 3.8) is 0 Å². The molecule has 0 aliphatic heterocycles. The average Bonchev–Trinajstić information content (AvgIpc) is 3.32. The van der Waals surface area contributed by atoms with E-state index in [-0.39, 0.29) is 29.8 Å². The van der Waals surface area contributed by atoms with E-state index >= 15 is 0 Å². The maximum Gasteiger partial charge on any atom is 0.316 e. The van der Waals surface area contributed by atoms with E-state index in [9.17, 15) is 4.79 Å². The summed E-state index contributed by atoms with van der Waals surface area (Å²) in [5.74, 6) is -0.227. The molecule has 26 heavy (non-hydrogen) atoms. The van der Waals surface area contributed by atoms with Crippen LogP contribution < -0.4 is 5.32 Å². The van der Waals surface area contributed by atoms with Crippen LogP contribution in [0, 0.1) is 0 Å². The van der Waals surface area contributed by atoms with Gasteiger partial charge in [0.2, 0.25) is 5.82 Å². The van der Waals surface area contributed by atoms with Gasteiger partial charge in [-0.25, -0.2) is 4.98 Å². The Balaban J connectivity index is 1.48. The number of rotatable bonds is 4. The fraction of sp³-hybridized carbons (Fsp3) is 0.412. The van der Waals surface area contributed by atoms with Gasteiger partial charge in [0.1, 0.15) is 5.65 Å². The highest BCUT2D eigenvalue weighted by Crippen LogP contribution is 2.31. The van der Waals surface area contributed by atoms with Crippen LogP contribution in [-0.4, -0.2) is 45.3 Å². The molecule has 0 atom stereocenters. The standard InChI is InChI=1S/C17H18ClN5O3/c1-25-10-4-2-9(3-5-10)21-16(24)17-22-15(23-26-17)12-8-20-14-11(13(12)18)6-7-19-14/h6-10H,2-5H2,1H3,(H,19,20)(H,21,24)/t9-,10+. The number of halogens is 1. The third-order valence-corrected chi connectivity index (χ3v) is 5.13. The van der Waals surface area contributed by atoms with E-state index in [2.05, 4.69) is 25.4 Å². The number of carbonyl (C=O) groups is 1. The number of carbonyl (C=O) groups excluding carboxylic acids is 1. The molecule has 0 bridgehead atoms. The van der Waals surface area contributed by atoms with E-state index in [1.54, 1.807) is 19.5 Å². The lowest BCUT2D eigenvalue weighted by Crippen LogP contribution is -2.39. The SMILES string of the molecule is CO[C@H]1CC[C@@H](NC(=O)c2nc(-c3cnc4[nH]ccc4c3Cl)no2)CC1. The normalized spacial score (nSPS) is 20.4. The first kappa shape index (κ1) is 17.0. The van der Waals surface area contributed by atoms with Crippen LogP contribution in [0.4, 0.5) is 0 Å². The van der Waals surface area contributed by atoms with Crippen molar-refractivity contribution in [3.05, 3.63) is 29.4 Å². The van der Waals surface area contributed by atoms with Crippen LogP contribution >= 0.6 is 11.6 Å². The maximum absolute atomic E-state index is 12.4. The molecule has 0 spiro atoms. The number of amides is 1. The first-order chi connectivity index (χ1) is 12.7. The van der Waals surface area contributed by atoms with E-state index < -0.39 is 0 Å². The number of fused-ring (bicyclic) bond motifs is 1. The summed E-state index contributed by atoms with van der Waals surface area (Å²) in [6.07, 6.45) is 7.16. The summed E-state index contributed by atoms with van der Waals surface area (Å²) in [5.41, 5.74) is 1.19. The second-order valence-electron chi connectivity index (χ2n) is 6.33. The quantitative estimate of drug-likeness (QED) is 0.726. The molecule has 1 aliphatic rings. The summed E-state index contributed by atoms with van der Waals surface area (Å²) in [4.78, 5) is 23.8. The number of hydrogen-bond donors (Lipinski definition) is 2. The highest BCUT2D eigenvalue weighted by molar-refractivity contribution is 6.37. The highest BCUT2D eigenvalue weighted by atomic mass is 35.5. The van der Waals surface area contributed by atoms with Crippen molar-refractivity contribution in [2.24, 2.45) is 0 Å². The molecule has 2 N–H and O–H groups in total. The fourth-order valence-electron chi connectivity index (χ4n) is 3.25.